The van der Waals surface area contributed by atoms with Gasteiger partial charge < -0.3 is 9.84 Å². The van der Waals surface area contributed by atoms with Crippen molar-refractivity contribution in [3.05, 3.63) is 59.8 Å². The number of hydrogen-bond donors (Lipinski definition) is 1. The zero-order valence-corrected chi connectivity index (χ0v) is 18.5. The Labute approximate surface area is 178 Å². The van der Waals surface area contributed by atoms with Gasteiger partial charge in [0.1, 0.15) is 12.4 Å². The number of ether oxygens (including phenoxy) is 1. The maximum Gasteiger partial charge on any atom is 0.331 e. The normalized spacial score (nSPS) is 32.4. The molecule has 0 amide bonds. The summed E-state index contributed by atoms with van der Waals surface area (Å²) in [5.41, 5.74) is -1.02. The van der Waals surface area contributed by atoms with Crippen LogP contribution in [-0.4, -0.2) is 34.9 Å². The predicted molar refractivity (Wildman–Crippen MR) is 117 cm³/mol. The lowest BCUT2D eigenvalue weighted by Gasteiger charge is -2.48. The third kappa shape index (κ3) is 4.62. The maximum atomic E-state index is 12.4. The molecule has 0 saturated carbocycles. The van der Waals surface area contributed by atoms with E-state index in [1.807, 2.05) is 20.8 Å². The Morgan fingerprint density at radius 1 is 1.43 bits per heavy atom. The van der Waals surface area contributed by atoms with Crippen LogP contribution in [0.5, 0.6) is 0 Å². The smallest absolute Gasteiger partial charge is 0.331 e. The molecule has 0 aromatic carbocycles. The molecule has 0 heterocycles. The van der Waals surface area contributed by atoms with Crippen LogP contribution in [0.2, 0.25) is 0 Å². The van der Waals surface area contributed by atoms with Gasteiger partial charge in [-0.25, -0.2) is 4.79 Å². The van der Waals surface area contributed by atoms with Gasteiger partial charge in [0.25, 0.3) is 0 Å². The fourth-order valence-electron chi connectivity index (χ4n) is 4.04. The highest BCUT2D eigenvalue weighted by molar-refractivity contribution is 6.05. The van der Waals surface area contributed by atoms with Gasteiger partial charge in [-0.1, -0.05) is 64.5 Å². The highest BCUT2D eigenvalue weighted by atomic mass is 16.5. The van der Waals surface area contributed by atoms with E-state index >= 15 is 0 Å². The molecule has 0 saturated heterocycles. The molecule has 0 aliphatic heterocycles. The molecule has 5 atom stereocenters. The number of allylic oxidation sites excluding steroid dienone is 5. The lowest BCUT2D eigenvalue weighted by Crippen LogP contribution is -2.53. The zero-order chi connectivity index (χ0) is 22.7. The first-order chi connectivity index (χ1) is 14.0. The summed E-state index contributed by atoms with van der Waals surface area (Å²) in [5, 5.41) is 10.9. The highest BCUT2D eigenvalue weighted by Gasteiger charge is 2.53. The van der Waals surface area contributed by atoms with E-state index in [1.165, 1.54) is 12.2 Å². The fraction of sp³-hybridized carbons (Fsp3) is 0.480. The van der Waals surface area contributed by atoms with Crippen LogP contribution in [0.4, 0.5) is 0 Å². The molecule has 0 spiro atoms. The van der Waals surface area contributed by atoms with Crippen LogP contribution in [0.15, 0.2) is 59.8 Å². The number of ketones is 1. The van der Waals surface area contributed by atoms with Gasteiger partial charge in [-0.15, -0.1) is 0 Å². The van der Waals surface area contributed by atoms with Crippen molar-refractivity contribution < 1.29 is 24.2 Å². The van der Waals surface area contributed by atoms with Gasteiger partial charge in [-0.3, -0.25) is 9.59 Å². The van der Waals surface area contributed by atoms with E-state index in [2.05, 4.69) is 26.5 Å². The number of esters is 1. The first-order valence-corrected chi connectivity index (χ1v) is 10.4. The van der Waals surface area contributed by atoms with E-state index in [9.17, 15) is 19.5 Å². The lowest BCUT2D eigenvalue weighted by molar-refractivity contribution is -0.147. The molecule has 0 fully saturated rings. The number of fused-ring (bicyclic) bond motifs is 1. The fourth-order valence-corrected chi connectivity index (χ4v) is 4.04. The Hall–Kier alpha value is -2.53. The third-order valence-electron chi connectivity index (χ3n) is 6.54. The maximum absolute atomic E-state index is 12.4. The van der Waals surface area contributed by atoms with Gasteiger partial charge >= 0.3 is 5.97 Å². The molecule has 0 radical (unpaired) electrons. The molecule has 5 heteroatoms. The topological polar surface area (TPSA) is 80.7 Å². The van der Waals surface area contributed by atoms with Crippen LogP contribution < -0.4 is 0 Å². The van der Waals surface area contributed by atoms with Crippen molar-refractivity contribution >= 4 is 18.0 Å². The van der Waals surface area contributed by atoms with Gasteiger partial charge in [0.15, 0.2) is 11.4 Å². The standard InChI is InChI=1S/C25H32O5/c1-7-16(2)12-17(3)8-11-23(28)30-21-10-9-20-13-22(27)25(29,18(4)14-26)15-24(20,6)19(21)5/h8-14,16,19,21,29H,4,7,15H2,1-3,5-6H3/b11-8+,17-12+/t16-,19-,21-,24+,25+/m0/s1. The Bertz CT molecular complexity index is 859. The zero-order valence-electron chi connectivity index (χ0n) is 18.5. The van der Waals surface area contributed by atoms with Crippen molar-refractivity contribution in [2.75, 3.05) is 0 Å². The molecule has 0 aromatic rings. The Morgan fingerprint density at radius 2 is 2.10 bits per heavy atom. The third-order valence-corrected chi connectivity index (χ3v) is 6.54. The lowest BCUT2D eigenvalue weighted by atomic mass is 9.57. The number of aliphatic hydroxyl groups is 1. The van der Waals surface area contributed by atoms with Crippen LogP contribution >= 0.6 is 0 Å². The molecule has 2 rings (SSSR count). The molecule has 5 nitrogen and oxygen atoms in total. The number of rotatable bonds is 7. The van der Waals surface area contributed by atoms with E-state index in [-0.39, 0.29) is 17.9 Å². The minimum Gasteiger partial charge on any atom is -0.455 e. The molecule has 30 heavy (non-hydrogen) atoms. The highest BCUT2D eigenvalue weighted by Crippen LogP contribution is 2.51. The summed E-state index contributed by atoms with van der Waals surface area (Å²) in [6.07, 6.45) is 11.1. The molecule has 0 unspecified atom stereocenters. The second-order valence-corrected chi connectivity index (χ2v) is 8.74. The Morgan fingerprint density at radius 3 is 2.70 bits per heavy atom. The van der Waals surface area contributed by atoms with Gasteiger partial charge in [0.05, 0.1) is 0 Å². The number of hydrogen-bond acceptors (Lipinski definition) is 5. The van der Waals surface area contributed by atoms with Gasteiger partial charge in [0.2, 0.25) is 0 Å². The van der Waals surface area contributed by atoms with Crippen molar-refractivity contribution in [3.8, 4) is 0 Å². The second kappa shape index (κ2) is 9.09. The van der Waals surface area contributed by atoms with E-state index in [1.54, 1.807) is 18.2 Å². The first kappa shape index (κ1) is 23.7. The summed E-state index contributed by atoms with van der Waals surface area (Å²) in [6.45, 7) is 13.5. The number of carbonyl (C=O) groups excluding carboxylic acids is 3. The van der Waals surface area contributed by atoms with Gasteiger partial charge in [-0.05, 0) is 37.0 Å². The molecule has 0 aromatic heterocycles. The molecular weight excluding hydrogens is 380 g/mol. The van der Waals surface area contributed by atoms with Crippen molar-refractivity contribution in [1.82, 2.24) is 0 Å². The van der Waals surface area contributed by atoms with E-state index in [4.69, 9.17) is 4.74 Å². The predicted octanol–water partition coefficient (Wildman–Crippen LogP) is 4.04. The quantitative estimate of drug-likeness (QED) is 0.295. The van der Waals surface area contributed by atoms with E-state index < -0.39 is 28.9 Å². The molecule has 2 aliphatic carbocycles. The van der Waals surface area contributed by atoms with Crippen LogP contribution in [0, 0.1) is 17.3 Å². The van der Waals surface area contributed by atoms with Crippen molar-refractivity contribution in [2.24, 2.45) is 17.3 Å². The summed E-state index contributed by atoms with van der Waals surface area (Å²) >= 11 is 0. The molecule has 0 bridgehead atoms. The minimum absolute atomic E-state index is 0.00832. The number of carbonyl (C=O) groups is 3. The van der Waals surface area contributed by atoms with Crippen LogP contribution in [0.1, 0.15) is 47.5 Å². The van der Waals surface area contributed by atoms with E-state index in [0.29, 0.717) is 12.2 Å². The molecule has 2 aliphatic rings. The first-order valence-electron chi connectivity index (χ1n) is 10.4. The van der Waals surface area contributed by atoms with Crippen molar-refractivity contribution in [2.45, 2.75) is 59.2 Å². The molecular formula is C25H32O5. The van der Waals surface area contributed by atoms with Crippen LogP contribution in [0.25, 0.3) is 0 Å². The Balaban J connectivity index is 2.21. The second-order valence-electron chi connectivity index (χ2n) is 8.74. The van der Waals surface area contributed by atoms with Crippen LogP contribution in [-0.2, 0) is 19.1 Å². The van der Waals surface area contributed by atoms with Gasteiger partial charge in [0, 0.05) is 23.0 Å². The van der Waals surface area contributed by atoms with Crippen molar-refractivity contribution in [1.29, 1.82) is 0 Å². The summed E-state index contributed by atoms with van der Waals surface area (Å²) in [7, 11) is 0. The molecule has 1 N–H and O–H groups in total. The monoisotopic (exact) mass is 412 g/mol. The number of aldehydes is 1. The largest absolute Gasteiger partial charge is 0.455 e. The minimum atomic E-state index is -1.94. The van der Waals surface area contributed by atoms with Gasteiger partial charge in [-0.2, -0.15) is 0 Å². The summed E-state index contributed by atoms with van der Waals surface area (Å²) in [4.78, 5) is 36.0. The van der Waals surface area contributed by atoms with Crippen molar-refractivity contribution in [3.63, 3.8) is 0 Å². The summed E-state index contributed by atoms with van der Waals surface area (Å²) in [5.74, 6) is -0.789. The molecule has 162 valence electrons. The van der Waals surface area contributed by atoms with Crippen LogP contribution in [0.3, 0.4) is 0 Å². The average molecular weight is 413 g/mol. The summed E-state index contributed by atoms with van der Waals surface area (Å²) < 4.78 is 5.66. The average Bonchev–Trinajstić information content (AvgIpc) is 2.70. The van der Waals surface area contributed by atoms with E-state index in [0.717, 1.165) is 17.6 Å². The SMILES string of the molecule is C=C(C=O)[C@]1(O)C[C@@]2(C)C(=CC1=O)C=C[C@H](OC(=O)/C=C/C(C)=C/[C@@H](C)CC)[C@@H]2C. The Kier molecular flexibility index (Phi) is 7.19. The summed E-state index contributed by atoms with van der Waals surface area (Å²) in [6, 6.07) is 0.